The van der Waals surface area contributed by atoms with E-state index < -0.39 is 0 Å². The molecule has 0 amide bonds. The van der Waals surface area contributed by atoms with Gasteiger partial charge in [0.25, 0.3) is 0 Å². The molecule has 3 aromatic rings. The predicted octanol–water partition coefficient (Wildman–Crippen LogP) is 3.60. The first-order chi connectivity index (χ1) is 9.79. The smallest absolute Gasteiger partial charge is 0.230 e. The molecule has 0 bridgehead atoms. The molecule has 4 nitrogen and oxygen atoms in total. The number of hydrogen-bond donors (Lipinski definition) is 1. The zero-order valence-corrected chi connectivity index (χ0v) is 11.0. The highest BCUT2D eigenvalue weighted by Gasteiger charge is 2.17. The summed E-state index contributed by atoms with van der Waals surface area (Å²) < 4.78 is 10.3. The van der Waals surface area contributed by atoms with E-state index in [4.69, 9.17) is 15.0 Å². The van der Waals surface area contributed by atoms with Crippen LogP contribution in [-0.2, 0) is 0 Å². The maximum Gasteiger partial charge on any atom is 0.230 e. The van der Waals surface area contributed by atoms with Crippen molar-refractivity contribution in [3.05, 3.63) is 54.6 Å². The molecular formula is C16H14N2O2. The minimum Gasteiger partial charge on any atom is -0.497 e. The number of aromatic nitrogens is 1. The third-order valence-corrected chi connectivity index (χ3v) is 3.14. The lowest BCUT2D eigenvalue weighted by Gasteiger charge is -2.04. The molecule has 2 aromatic carbocycles. The Bertz CT molecular complexity index is 703. The van der Waals surface area contributed by atoms with E-state index in [1.807, 2.05) is 54.6 Å². The maximum absolute atomic E-state index is 5.91. The lowest BCUT2D eigenvalue weighted by atomic mass is 10.0. The molecule has 0 atom stereocenters. The summed E-state index contributed by atoms with van der Waals surface area (Å²) in [5.41, 5.74) is 9.38. The summed E-state index contributed by atoms with van der Waals surface area (Å²) >= 11 is 0. The zero-order valence-electron chi connectivity index (χ0n) is 11.0. The second-order valence-electron chi connectivity index (χ2n) is 4.36. The van der Waals surface area contributed by atoms with Gasteiger partial charge in [-0.1, -0.05) is 35.5 Å². The van der Waals surface area contributed by atoms with Crippen LogP contribution >= 0.6 is 0 Å². The molecular weight excluding hydrogens is 252 g/mol. The van der Waals surface area contributed by atoms with E-state index in [2.05, 4.69) is 5.16 Å². The molecule has 0 spiro atoms. The van der Waals surface area contributed by atoms with Crippen LogP contribution in [0.1, 0.15) is 0 Å². The fraction of sp³-hybridized carbons (Fsp3) is 0.0625. The van der Waals surface area contributed by atoms with E-state index in [9.17, 15) is 0 Å². The van der Waals surface area contributed by atoms with E-state index >= 15 is 0 Å². The number of rotatable bonds is 3. The minimum atomic E-state index is 0.321. The largest absolute Gasteiger partial charge is 0.497 e. The van der Waals surface area contributed by atoms with Gasteiger partial charge in [0, 0.05) is 5.56 Å². The molecule has 0 saturated heterocycles. The first kappa shape index (κ1) is 12.3. The molecule has 0 aliphatic heterocycles. The average Bonchev–Trinajstić information content (AvgIpc) is 2.90. The topological polar surface area (TPSA) is 61.3 Å². The van der Waals surface area contributed by atoms with Crippen molar-refractivity contribution in [2.45, 2.75) is 0 Å². The van der Waals surface area contributed by atoms with E-state index in [0.717, 1.165) is 28.1 Å². The van der Waals surface area contributed by atoms with Gasteiger partial charge >= 0.3 is 0 Å². The Morgan fingerprint density at radius 3 is 2.30 bits per heavy atom. The molecule has 3 rings (SSSR count). The van der Waals surface area contributed by atoms with Gasteiger partial charge in [0.1, 0.15) is 11.4 Å². The van der Waals surface area contributed by atoms with Crippen LogP contribution in [-0.4, -0.2) is 12.3 Å². The fourth-order valence-corrected chi connectivity index (χ4v) is 2.13. The normalized spacial score (nSPS) is 10.4. The highest BCUT2D eigenvalue weighted by Crippen LogP contribution is 2.36. The van der Waals surface area contributed by atoms with Crippen molar-refractivity contribution in [3.63, 3.8) is 0 Å². The number of nitrogens with zero attached hydrogens (tertiary/aromatic N) is 1. The van der Waals surface area contributed by atoms with Crippen LogP contribution in [0, 0.1) is 0 Å². The molecule has 0 aliphatic carbocycles. The highest BCUT2D eigenvalue weighted by atomic mass is 16.5. The van der Waals surface area contributed by atoms with E-state index in [1.165, 1.54) is 0 Å². The van der Waals surface area contributed by atoms with Gasteiger partial charge in [-0.15, -0.1) is 0 Å². The van der Waals surface area contributed by atoms with Crippen LogP contribution in [0.4, 0.5) is 5.88 Å². The van der Waals surface area contributed by atoms with Crippen molar-refractivity contribution in [2.24, 2.45) is 0 Å². The van der Waals surface area contributed by atoms with Crippen LogP contribution in [0.2, 0.25) is 0 Å². The number of nitrogen functional groups attached to an aromatic ring is 1. The van der Waals surface area contributed by atoms with Crippen LogP contribution in [0.25, 0.3) is 22.4 Å². The molecule has 0 fully saturated rings. The summed E-state index contributed by atoms with van der Waals surface area (Å²) in [5.74, 6) is 1.12. The summed E-state index contributed by atoms with van der Waals surface area (Å²) in [7, 11) is 1.64. The fourth-order valence-electron chi connectivity index (χ4n) is 2.13. The molecule has 20 heavy (non-hydrogen) atoms. The number of methoxy groups -OCH3 is 1. The molecule has 0 radical (unpaired) electrons. The van der Waals surface area contributed by atoms with Crippen molar-refractivity contribution in [1.29, 1.82) is 0 Å². The number of benzene rings is 2. The van der Waals surface area contributed by atoms with Crippen molar-refractivity contribution in [2.75, 3.05) is 12.8 Å². The van der Waals surface area contributed by atoms with Gasteiger partial charge in [-0.3, -0.25) is 0 Å². The van der Waals surface area contributed by atoms with Gasteiger partial charge in [0.15, 0.2) is 0 Å². The quantitative estimate of drug-likeness (QED) is 0.786. The van der Waals surface area contributed by atoms with Crippen molar-refractivity contribution >= 4 is 5.88 Å². The number of anilines is 1. The van der Waals surface area contributed by atoms with Crippen LogP contribution in [0.3, 0.4) is 0 Å². The highest BCUT2D eigenvalue weighted by molar-refractivity contribution is 5.86. The van der Waals surface area contributed by atoms with Gasteiger partial charge in [0.2, 0.25) is 5.88 Å². The molecule has 4 heteroatoms. The summed E-state index contributed by atoms with van der Waals surface area (Å²) in [6.07, 6.45) is 0. The molecule has 100 valence electrons. The number of hydrogen-bond acceptors (Lipinski definition) is 4. The monoisotopic (exact) mass is 266 g/mol. The Morgan fingerprint density at radius 2 is 1.65 bits per heavy atom. The summed E-state index contributed by atoms with van der Waals surface area (Å²) in [6, 6.07) is 17.5. The Hall–Kier alpha value is -2.75. The average molecular weight is 266 g/mol. The second-order valence-corrected chi connectivity index (χ2v) is 4.36. The number of nitrogens with two attached hydrogens (primary N) is 1. The SMILES string of the molecule is COc1ccc(-c2noc(N)c2-c2ccccc2)cc1. The standard InChI is InChI=1S/C16H14N2O2/c1-19-13-9-7-12(8-10-13)15-14(16(17)20-18-15)11-5-3-2-4-6-11/h2-10H,17H2,1H3. The lowest BCUT2D eigenvalue weighted by molar-refractivity contribution is 0.415. The minimum absolute atomic E-state index is 0.321. The molecule has 0 unspecified atom stereocenters. The zero-order chi connectivity index (χ0) is 13.9. The van der Waals surface area contributed by atoms with Crippen molar-refractivity contribution < 1.29 is 9.26 Å². The third-order valence-electron chi connectivity index (χ3n) is 3.14. The molecule has 1 aromatic heterocycles. The first-order valence-corrected chi connectivity index (χ1v) is 6.24. The summed E-state index contributed by atoms with van der Waals surface area (Å²) in [4.78, 5) is 0. The van der Waals surface area contributed by atoms with Crippen LogP contribution < -0.4 is 10.5 Å². The van der Waals surface area contributed by atoms with Crippen LogP contribution in [0.15, 0.2) is 59.1 Å². The van der Waals surface area contributed by atoms with Crippen molar-refractivity contribution in [3.8, 4) is 28.1 Å². The Kier molecular flexibility index (Phi) is 3.13. The van der Waals surface area contributed by atoms with Gasteiger partial charge in [0.05, 0.1) is 12.7 Å². The first-order valence-electron chi connectivity index (χ1n) is 6.24. The summed E-state index contributed by atoms with van der Waals surface area (Å²) in [6.45, 7) is 0. The van der Waals surface area contributed by atoms with Gasteiger partial charge in [-0.25, -0.2) is 0 Å². The number of ether oxygens (including phenoxy) is 1. The van der Waals surface area contributed by atoms with Crippen molar-refractivity contribution in [1.82, 2.24) is 5.16 Å². The van der Waals surface area contributed by atoms with E-state index in [-0.39, 0.29) is 0 Å². The maximum atomic E-state index is 5.91. The lowest BCUT2D eigenvalue weighted by Crippen LogP contribution is -1.88. The van der Waals surface area contributed by atoms with Crippen LogP contribution in [0.5, 0.6) is 5.75 Å². The molecule has 1 heterocycles. The van der Waals surface area contributed by atoms with Gasteiger partial charge in [-0.05, 0) is 29.8 Å². The Morgan fingerprint density at radius 1 is 0.950 bits per heavy atom. The molecule has 0 saturated carbocycles. The van der Waals surface area contributed by atoms with Gasteiger partial charge in [-0.2, -0.15) is 0 Å². The third kappa shape index (κ3) is 2.12. The van der Waals surface area contributed by atoms with E-state index in [0.29, 0.717) is 5.88 Å². The summed E-state index contributed by atoms with van der Waals surface area (Å²) in [5, 5.41) is 4.08. The van der Waals surface area contributed by atoms with E-state index in [1.54, 1.807) is 7.11 Å². The Balaban J connectivity index is 2.11. The Labute approximate surface area is 116 Å². The van der Waals surface area contributed by atoms with Gasteiger partial charge < -0.3 is 15.0 Å². The molecule has 2 N–H and O–H groups in total. The predicted molar refractivity (Wildman–Crippen MR) is 78.3 cm³/mol. The second kappa shape index (κ2) is 5.09. The molecule has 0 aliphatic rings.